The predicted octanol–water partition coefficient (Wildman–Crippen LogP) is 18.8. The Labute approximate surface area is 447 Å². The van der Waals surface area contributed by atoms with Gasteiger partial charge < -0.3 is 18.8 Å². The van der Waals surface area contributed by atoms with E-state index in [0.717, 1.165) is 122 Å². The van der Waals surface area contributed by atoms with E-state index in [-0.39, 0.29) is 0 Å². The number of anilines is 6. The summed E-state index contributed by atoms with van der Waals surface area (Å²) < 4.78 is 22.5. The molecule has 5 heteroatoms. The second kappa shape index (κ2) is 18.0. The predicted molar refractivity (Wildman–Crippen MR) is 322 cm³/mol. The van der Waals surface area contributed by atoms with Gasteiger partial charge in [0.15, 0.2) is 7.14 Å². The molecule has 15 rings (SSSR count). The monoisotopic (exact) mass is 1000 g/mol. The molecule has 2 aliphatic rings. The number of fused-ring (bicyclic) bond motifs is 13. The Bertz CT molecular complexity index is 4480. The summed E-state index contributed by atoms with van der Waals surface area (Å²) in [6.45, 7) is 0. The Kier molecular flexibility index (Phi) is 10.5. The van der Waals surface area contributed by atoms with Gasteiger partial charge in [-0.2, -0.15) is 0 Å². The molecule has 4 nitrogen and oxygen atoms in total. The van der Waals surface area contributed by atoms with Crippen LogP contribution in [0.5, 0.6) is 0 Å². The molecule has 77 heavy (non-hydrogen) atoms. The first-order valence-electron chi connectivity index (χ1n) is 26.2. The lowest BCUT2D eigenvalue weighted by Crippen LogP contribution is -2.25. The van der Waals surface area contributed by atoms with E-state index >= 15 is 4.57 Å². The van der Waals surface area contributed by atoms with Gasteiger partial charge >= 0.3 is 0 Å². The molecule has 362 valence electrons. The van der Waals surface area contributed by atoms with E-state index in [1.54, 1.807) is 0 Å². The van der Waals surface area contributed by atoms with Crippen molar-refractivity contribution in [2.24, 2.45) is 0 Å². The van der Waals surface area contributed by atoms with Crippen LogP contribution in [0.3, 0.4) is 0 Å². The van der Waals surface area contributed by atoms with Crippen molar-refractivity contribution in [2.45, 2.75) is 0 Å². The topological polar surface area (TPSA) is 36.7 Å². The molecule has 13 aromatic rings. The zero-order valence-electron chi connectivity index (χ0n) is 41.8. The zero-order chi connectivity index (χ0) is 51.0. The molecule has 0 radical (unpaired) electrons. The Morgan fingerprint density at radius 2 is 0.688 bits per heavy atom. The lowest BCUT2D eigenvalue weighted by Gasteiger charge is -2.29. The number of hydrogen-bond acceptors (Lipinski definition) is 4. The van der Waals surface area contributed by atoms with Crippen molar-refractivity contribution < 1.29 is 8.98 Å². The van der Waals surface area contributed by atoms with Crippen molar-refractivity contribution in [3.63, 3.8) is 0 Å². The Balaban J connectivity index is 0.898. The molecule has 0 fully saturated rings. The maximum Gasteiger partial charge on any atom is 0.171 e. The van der Waals surface area contributed by atoms with Gasteiger partial charge in [-0.1, -0.05) is 218 Å². The number of hydrogen-bond donors (Lipinski definition) is 0. The van der Waals surface area contributed by atoms with Gasteiger partial charge in [0.1, 0.15) is 11.2 Å². The molecule has 2 aliphatic heterocycles. The van der Waals surface area contributed by atoms with E-state index in [2.05, 4.69) is 216 Å². The fourth-order valence-electron chi connectivity index (χ4n) is 12.1. The molecule has 0 unspecified atom stereocenters. The quantitative estimate of drug-likeness (QED) is 0.149. The molecule has 0 saturated heterocycles. The van der Waals surface area contributed by atoms with Crippen molar-refractivity contribution in [1.29, 1.82) is 0 Å². The highest BCUT2D eigenvalue weighted by Crippen LogP contribution is 2.55. The molecule has 3 heterocycles. The van der Waals surface area contributed by atoms with Crippen molar-refractivity contribution >= 4 is 79.1 Å². The van der Waals surface area contributed by atoms with E-state index in [4.69, 9.17) is 4.42 Å². The van der Waals surface area contributed by atoms with Gasteiger partial charge in [-0.25, -0.2) is 0 Å². The third-order valence-electron chi connectivity index (χ3n) is 15.6. The Morgan fingerprint density at radius 3 is 1.27 bits per heavy atom. The SMILES string of the molecule is O=P(c1ccccc1)(c1ccccc1)c1cccc(N2c3ccccc3-c3ccccc3-c3cc(-c4ccc5c(c4)-c4ccccc4-c4ccccc4N5c4cccc(-c5cccc6c5oc5ccccc56)c4)ccc32)c1. The largest absolute Gasteiger partial charge is 0.455 e. The highest BCUT2D eigenvalue weighted by atomic mass is 31.2. The molecule has 0 bridgehead atoms. The van der Waals surface area contributed by atoms with Gasteiger partial charge in [-0.3, -0.25) is 0 Å². The number of para-hydroxylation sites is 4. The first-order chi connectivity index (χ1) is 38.1. The second-order valence-corrected chi connectivity index (χ2v) is 22.7. The Morgan fingerprint density at radius 1 is 0.273 bits per heavy atom. The average Bonchev–Trinajstić information content (AvgIpc) is 3.82. The fourth-order valence-corrected chi connectivity index (χ4v) is 14.8. The van der Waals surface area contributed by atoms with E-state index in [1.165, 1.54) is 16.7 Å². The molecular formula is C72H47N2O2P. The van der Waals surface area contributed by atoms with E-state index < -0.39 is 7.14 Å². The second-order valence-electron chi connectivity index (χ2n) is 19.9. The average molecular weight is 1000 g/mol. The number of nitrogens with zero attached hydrogens (tertiary/aromatic N) is 2. The number of rotatable bonds is 7. The summed E-state index contributed by atoms with van der Waals surface area (Å²) in [4.78, 5) is 4.80. The summed E-state index contributed by atoms with van der Waals surface area (Å²) in [6, 6.07) is 101. The molecule has 0 aliphatic carbocycles. The first-order valence-corrected chi connectivity index (χ1v) is 27.9. The summed E-state index contributed by atoms with van der Waals surface area (Å²) >= 11 is 0. The van der Waals surface area contributed by atoms with Crippen LogP contribution in [0.2, 0.25) is 0 Å². The smallest absolute Gasteiger partial charge is 0.171 e. The third kappa shape index (κ3) is 7.18. The molecule has 0 N–H and O–H groups in total. The Hall–Kier alpha value is -9.73. The van der Waals surface area contributed by atoms with Gasteiger partial charge in [0.2, 0.25) is 0 Å². The normalized spacial score (nSPS) is 12.4. The fraction of sp³-hybridized carbons (Fsp3) is 0. The molecule has 1 aromatic heterocycles. The van der Waals surface area contributed by atoms with Crippen LogP contribution in [0.25, 0.3) is 88.7 Å². The van der Waals surface area contributed by atoms with Crippen LogP contribution in [0.1, 0.15) is 0 Å². The van der Waals surface area contributed by atoms with Gasteiger partial charge in [-0.05, 0) is 106 Å². The highest BCUT2D eigenvalue weighted by Gasteiger charge is 2.33. The van der Waals surface area contributed by atoms with E-state index in [1.807, 2.05) is 78.9 Å². The van der Waals surface area contributed by atoms with Crippen molar-refractivity contribution in [3.05, 3.63) is 285 Å². The van der Waals surface area contributed by atoms with Crippen LogP contribution in [-0.2, 0) is 4.57 Å². The molecule has 12 aromatic carbocycles. The van der Waals surface area contributed by atoms with Crippen LogP contribution < -0.4 is 25.7 Å². The molecule has 0 amide bonds. The van der Waals surface area contributed by atoms with Crippen LogP contribution in [-0.4, -0.2) is 0 Å². The highest BCUT2D eigenvalue weighted by molar-refractivity contribution is 7.85. The van der Waals surface area contributed by atoms with E-state index in [0.29, 0.717) is 0 Å². The van der Waals surface area contributed by atoms with Crippen LogP contribution in [0.15, 0.2) is 290 Å². The molecule has 0 spiro atoms. The summed E-state index contributed by atoms with van der Waals surface area (Å²) in [6.07, 6.45) is 0. The molecular weight excluding hydrogens is 956 g/mol. The minimum Gasteiger partial charge on any atom is -0.455 e. The van der Waals surface area contributed by atoms with Crippen LogP contribution >= 0.6 is 7.14 Å². The third-order valence-corrected chi connectivity index (χ3v) is 18.7. The maximum absolute atomic E-state index is 15.9. The summed E-state index contributed by atoms with van der Waals surface area (Å²) in [5.74, 6) is 0. The standard InChI is InChI=1S/C72H47N2O2P/c75-77(53-23-3-1-4-24-53,54-25-5-2-6-26-54)55-27-18-22-52(47-55)74-68-38-15-12-33-62(68)58-29-8-10-31-60(58)66-46-49(41-43-70(66)74)48-40-42-69-65(45-48)59-30-9-7-28-57(59)61-32-11-14-37-67(61)73(69)51-21-17-20-50(44-51)56-35-19-36-64-63-34-13-16-39-71(63)76-72(56)64/h1-47H. The lowest BCUT2D eigenvalue weighted by molar-refractivity contribution is 0.592. The summed E-state index contributed by atoms with van der Waals surface area (Å²) in [7, 11) is -3.29. The minimum atomic E-state index is -3.29. The minimum absolute atomic E-state index is 0.779. The van der Waals surface area contributed by atoms with Gasteiger partial charge in [0, 0.05) is 65.9 Å². The van der Waals surface area contributed by atoms with Crippen molar-refractivity contribution in [3.8, 4) is 66.8 Å². The van der Waals surface area contributed by atoms with Crippen LogP contribution in [0, 0.1) is 0 Å². The first kappa shape index (κ1) is 44.7. The van der Waals surface area contributed by atoms with Gasteiger partial charge in [0.25, 0.3) is 0 Å². The maximum atomic E-state index is 15.9. The summed E-state index contributed by atoms with van der Waals surface area (Å²) in [5.41, 5.74) is 21.6. The lowest BCUT2D eigenvalue weighted by atomic mass is 9.90. The number of benzene rings is 12. The van der Waals surface area contributed by atoms with Crippen molar-refractivity contribution in [1.82, 2.24) is 0 Å². The number of furan rings is 1. The zero-order valence-corrected chi connectivity index (χ0v) is 42.7. The molecule has 0 atom stereocenters. The van der Waals surface area contributed by atoms with E-state index in [9.17, 15) is 0 Å². The summed E-state index contributed by atoms with van der Waals surface area (Å²) in [5, 5.41) is 4.61. The van der Waals surface area contributed by atoms with Crippen LogP contribution in [0.4, 0.5) is 34.1 Å². The van der Waals surface area contributed by atoms with Gasteiger partial charge in [-0.15, -0.1) is 0 Å². The molecule has 0 saturated carbocycles. The van der Waals surface area contributed by atoms with Gasteiger partial charge in [0.05, 0.1) is 22.7 Å². The van der Waals surface area contributed by atoms with Crippen molar-refractivity contribution in [2.75, 3.05) is 9.80 Å².